The first kappa shape index (κ1) is 10.4. The summed E-state index contributed by atoms with van der Waals surface area (Å²) < 4.78 is 0. The van der Waals surface area contributed by atoms with Gasteiger partial charge in [0, 0.05) is 20.5 Å². The number of rotatable bonds is 4. The highest BCUT2D eigenvalue weighted by atomic mass is 28.3. The highest BCUT2D eigenvalue weighted by Crippen LogP contribution is 2.13. The van der Waals surface area contributed by atoms with Crippen molar-refractivity contribution in [3.05, 3.63) is 30.1 Å². The summed E-state index contributed by atoms with van der Waals surface area (Å²) in [6, 6.07) is 5.66. The molecule has 0 saturated heterocycles. The van der Waals surface area contributed by atoms with Gasteiger partial charge >= 0.3 is 0 Å². The van der Waals surface area contributed by atoms with Crippen LogP contribution in [0.25, 0.3) is 0 Å². The molecular formula is C11H19NSi. The van der Waals surface area contributed by atoms with E-state index in [1.807, 2.05) is 12.4 Å². The molecule has 0 aromatic carbocycles. The molecule has 0 aliphatic rings. The summed E-state index contributed by atoms with van der Waals surface area (Å²) in [5.41, 5.74) is 1.42. The molecule has 13 heavy (non-hydrogen) atoms. The molecule has 72 valence electrons. The van der Waals surface area contributed by atoms with E-state index in [2.05, 4.69) is 36.8 Å². The topological polar surface area (TPSA) is 12.9 Å². The molecule has 0 atom stereocenters. The smallest absolute Gasteiger partial charge is 0.0442 e. The maximum atomic E-state index is 4.01. The zero-order valence-corrected chi connectivity index (χ0v) is 9.88. The van der Waals surface area contributed by atoms with Crippen molar-refractivity contribution >= 4 is 8.07 Å². The highest BCUT2D eigenvalue weighted by molar-refractivity contribution is 6.76. The van der Waals surface area contributed by atoms with Crippen molar-refractivity contribution in [3.8, 4) is 0 Å². The van der Waals surface area contributed by atoms with Crippen LogP contribution in [0.4, 0.5) is 0 Å². The van der Waals surface area contributed by atoms with Crippen molar-refractivity contribution in [3.63, 3.8) is 0 Å². The standard InChI is InChI=1S/C11H19NSi/c1-13(2,3)10-4-5-11-6-8-12-9-7-11/h6-9H,4-5,10H2,1-3H3. The Hall–Kier alpha value is -0.633. The van der Waals surface area contributed by atoms with Crippen molar-refractivity contribution in [2.45, 2.75) is 38.5 Å². The predicted octanol–water partition coefficient (Wildman–Crippen LogP) is 3.35. The highest BCUT2D eigenvalue weighted by Gasteiger charge is 2.11. The van der Waals surface area contributed by atoms with E-state index in [4.69, 9.17) is 0 Å². The van der Waals surface area contributed by atoms with Crippen LogP contribution < -0.4 is 0 Å². The fraction of sp³-hybridized carbons (Fsp3) is 0.545. The van der Waals surface area contributed by atoms with Gasteiger partial charge in [0.05, 0.1) is 0 Å². The Labute approximate surface area is 82.2 Å². The van der Waals surface area contributed by atoms with Gasteiger partial charge in [-0.3, -0.25) is 4.98 Å². The van der Waals surface area contributed by atoms with Crippen LogP contribution >= 0.6 is 0 Å². The third kappa shape index (κ3) is 4.83. The number of pyridine rings is 1. The minimum absolute atomic E-state index is 0.827. The van der Waals surface area contributed by atoms with Gasteiger partial charge in [-0.1, -0.05) is 32.1 Å². The quantitative estimate of drug-likeness (QED) is 0.668. The molecule has 1 rings (SSSR count). The Morgan fingerprint density at radius 3 is 2.31 bits per heavy atom. The van der Waals surface area contributed by atoms with E-state index in [1.165, 1.54) is 24.4 Å². The van der Waals surface area contributed by atoms with Crippen LogP contribution in [0.15, 0.2) is 24.5 Å². The minimum Gasteiger partial charge on any atom is -0.265 e. The van der Waals surface area contributed by atoms with Gasteiger partial charge in [-0.25, -0.2) is 0 Å². The monoisotopic (exact) mass is 193 g/mol. The summed E-state index contributed by atoms with van der Waals surface area (Å²) in [6.45, 7) is 7.29. The molecule has 0 unspecified atom stereocenters. The molecule has 1 heterocycles. The van der Waals surface area contributed by atoms with E-state index >= 15 is 0 Å². The van der Waals surface area contributed by atoms with E-state index < -0.39 is 8.07 Å². The Balaban J connectivity index is 2.29. The molecule has 0 aliphatic carbocycles. The van der Waals surface area contributed by atoms with Crippen LogP contribution in [-0.4, -0.2) is 13.1 Å². The number of hydrogen-bond donors (Lipinski definition) is 0. The van der Waals surface area contributed by atoms with Crippen LogP contribution in [0.2, 0.25) is 25.7 Å². The van der Waals surface area contributed by atoms with Crippen LogP contribution in [0.5, 0.6) is 0 Å². The summed E-state index contributed by atoms with van der Waals surface area (Å²) in [7, 11) is -0.827. The Kier molecular flexibility index (Phi) is 3.67. The second-order valence-electron chi connectivity index (χ2n) is 4.77. The van der Waals surface area contributed by atoms with Crippen molar-refractivity contribution in [1.29, 1.82) is 0 Å². The molecule has 0 aliphatic heterocycles. The lowest BCUT2D eigenvalue weighted by molar-refractivity contribution is 0.899. The second-order valence-corrected chi connectivity index (χ2v) is 10.4. The van der Waals surface area contributed by atoms with Gasteiger partial charge < -0.3 is 0 Å². The SMILES string of the molecule is C[Si](C)(C)CCCc1ccncc1. The van der Waals surface area contributed by atoms with Crippen molar-refractivity contribution in [2.24, 2.45) is 0 Å². The molecule has 0 fully saturated rings. The summed E-state index contributed by atoms with van der Waals surface area (Å²) in [5.74, 6) is 0. The van der Waals surface area contributed by atoms with E-state index in [0.29, 0.717) is 0 Å². The van der Waals surface area contributed by atoms with Crippen LogP contribution in [0, 0.1) is 0 Å². The van der Waals surface area contributed by atoms with Gasteiger partial charge in [-0.15, -0.1) is 0 Å². The molecule has 2 heteroatoms. The normalized spacial score (nSPS) is 11.6. The van der Waals surface area contributed by atoms with Gasteiger partial charge in [0.1, 0.15) is 0 Å². The average Bonchev–Trinajstić information content (AvgIpc) is 2.04. The zero-order chi connectivity index (χ0) is 9.73. The predicted molar refractivity (Wildman–Crippen MR) is 60.7 cm³/mol. The average molecular weight is 193 g/mol. The molecule has 0 amide bonds. The molecule has 1 aromatic heterocycles. The second kappa shape index (κ2) is 4.56. The lowest BCUT2D eigenvalue weighted by atomic mass is 10.2. The van der Waals surface area contributed by atoms with Crippen molar-refractivity contribution < 1.29 is 0 Å². The maximum Gasteiger partial charge on any atom is 0.0442 e. The first-order chi connectivity index (χ1) is 6.08. The Bertz CT molecular complexity index is 238. The number of nitrogens with zero attached hydrogens (tertiary/aromatic N) is 1. The fourth-order valence-corrected chi connectivity index (χ4v) is 2.61. The number of hydrogen-bond acceptors (Lipinski definition) is 1. The van der Waals surface area contributed by atoms with Crippen molar-refractivity contribution in [1.82, 2.24) is 4.98 Å². The Morgan fingerprint density at radius 2 is 1.77 bits per heavy atom. The molecule has 1 aromatic rings. The summed E-state index contributed by atoms with van der Waals surface area (Å²) in [5, 5.41) is 0. The van der Waals surface area contributed by atoms with E-state index in [0.717, 1.165) is 0 Å². The molecule has 0 saturated carbocycles. The summed E-state index contributed by atoms with van der Waals surface area (Å²) in [4.78, 5) is 4.01. The van der Waals surface area contributed by atoms with Gasteiger partial charge in [-0.05, 0) is 24.1 Å². The third-order valence-electron chi connectivity index (χ3n) is 2.14. The Morgan fingerprint density at radius 1 is 1.15 bits per heavy atom. The largest absolute Gasteiger partial charge is 0.265 e. The summed E-state index contributed by atoms with van der Waals surface area (Å²) in [6.07, 6.45) is 6.31. The van der Waals surface area contributed by atoms with Gasteiger partial charge in [-0.2, -0.15) is 0 Å². The fourth-order valence-electron chi connectivity index (χ4n) is 1.37. The van der Waals surface area contributed by atoms with Gasteiger partial charge in [0.15, 0.2) is 0 Å². The van der Waals surface area contributed by atoms with Gasteiger partial charge in [0.25, 0.3) is 0 Å². The minimum atomic E-state index is -0.827. The molecule has 0 spiro atoms. The molecule has 0 bridgehead atoms. The van der Waals surface area contributed by atoms with E-state index in [9.17, 15) is 0 Å². The number of aromatic nitrogens is 1. The zero-order valence-electron chi connectivity index (χ0n) is 8.88. The van der Waals surface area contributed by atoms with E-state index in [1.54, 1.807) is 0 Å². The van der Waals surface area contributed by atoms with Crippen LogP contribution in [0.3, 0.4) is 0 Å². The van der Waals surface area contributed by atoms with Crippen LogP contribution in [0.1, 0.15) is 12.0 Å². The van der Waals surface area contributed by atoms with Gasteiger partial charge in [0.2, 0.25) is 0 Å². The molecule has 1 nitrogen and oxygen atoms in total. The first-order valence-corrected chi connectivity index (χ1v) is 8.67. The summed E-state index contributed by atoms with van der Waals surface area (Å²) >= 11 is 0. The van der Waals surface area contributed by atoms with Crippen LogP contribution in [-0.2, 0) is 6.42 Å². The lowest BCUT2D eigenvalue weighted by Crippen LogP contribution is -2.18. The molecular weight excluding hydrogens is 174 g/mol. The maximum absolute atomic E-state index is 4.01. The third-order valence-corrected chi connectivity index (χ3v) is 4.00. The van der Waals surface area contributed by atoms with E-state index in [-0.39, 0.29) is 0 Å². The van der Waals surface area contributed by atoms with Crippen molar-refractivity contribution in [2.75, 3.05) is 0 Å². The molecule has 0 radical (unpaired) electrons. The number of aryl methyl sites for hydroxylation is 1. The first-order valence-electron chi connectivity index (χ1n) is 4.97. The lowest BCUT2D eigenvalue weighted by Gasteiger charge is -2.14. The molecule has 0 N–H and O–H groups in total.